The average Bonchev–Trinajstić information content (AvgIpc) is 2.02. The molecule has 3 nitrogen and oxygen atoms in total. The third-order valence-electron chi connectivity index (χ3n) is 1.41. The van der Waals surface area contributed by atoms with Crippen molar-refractivity contribution >= 4 is 35.7 Å². The first kappa shape index (κ1) is 11.4. The van der Waals surface area contributed by atoms with Gasteiger partial charge in [0.25, 0.3) is 9.05 Å². The van der Waals surface area contributed by atoms with Gasteiger partial charge in [-0.2, -0.15) is 5.26 Å². The summed E-state index contributed by atoms with van der Waals surface area (Å²) in [6.07, 6.45) is 0. The topological polar surface area (TPSA) is 57.9 Å². The van der Waals surface area contributed by atoms with Crippen molar-refractivity contribution in [2.45, 2.75) is 4.90 Å². The van der Waals surface area contributed by atoms with Gasteiger partial charge in [0.1, 0.15) is 16.8 Å². The molecule has 0 aliphatic heterocycles. The molecule has 14 heavy (non-hydrogen) atoms. The monoisotopic (exact) mass is 297 g/mol. The molecule has 7 heteroatoms. The summed E-state index contributed by atoms with van der Waals surface area (Å²) in [5, 5.41) is 8.56. The van der Waals surface area contributed by atoms with Crippen molar-refractivity contribution in [2.75, 3.05) is 0 Å². The molecule has 1 aromatic rings. The van der Waals surface area contributed by atoms with Crippen molar-refractivity contribution in [3.8, 4) is 6.07 Å². The lowest BCUT2D eigenvalue weighted by molar-refractivity contribution is 0.573. The molecule has 0 aliphatic rings. The van der Waals surface area contributed by atoms with E-state index in [-0.39, 0.29) is 10.0 Å². The van der Waals surface area contributed by atoms with Crippen molar-refractivity contribution < 1.29 is 12.8 Å². The maximum Gasteiger partial charge on any atom is 0.265 e. The lowest BCUT2D eigenvalue weighted by Crippen LogP contribution is -1.98. The van der Waals surface area contributed by atoms with Gasteiger partial charge in [-0.3, -0.25) is 0 Å². The lowest BCUT2D eigenvalue weighted by Gasteiger charge is -2.02. The number of hydrogen-bond acceptors (Lipinski definition) is 3. The van der Waals surface area contributed by atoms with Crippen molar-refractivity contribution in [1.29, 1.82) is 5.26 Å². The van der Waals surface area contributed by atoms with E-state index in [4.69, 9.17) is 15.9 Å². The summed E-state index contributed by atoms with van der Waals surface area (Å²) < 4.78 is 34.8. The number of halogens is 3. The van der Waals surface area contributed by atoms with E-state index in [1.807, 2.05) is 0 Å². The molecule has 74 valence electrons. The Balaban J connectivity index is 3.68. The Morgan fingerprint density at radius 3 is 2.50 bits per heavy atom. The van der Waals surface area contributed by atoms with Gasteiger partial charge in [0.15, 0.2) is 0 Å². The van der Waals surface area contributed by atoms with Crippen LogP contribution in [0.4, 0.5) is 4.39 Å². The fourth-order valence-corrected chi connectivity index (χ4v) is 3.25. The smallest absolute Gasteiger partial charge is 0.207 e. The largest absolute Gasteiger partial charge is 0.265 e. The van der Waals surface area contributed by atoms with Crippen LogP contribution in [0.15, 0.2) is 21.5 Å². The standard InChI is InChI=1S/C7H2BrClFNO2S/c8-6-4(3-11)1-2-5(10)7(6)14(9,12)13/h1-2H. The zero-order chi connectivity index (χ0) is 10.9. The minimum Gasteiger partial charge on any atom is -0.207 e. The molecule has 0 unspecified atom stereocenters. The highest BCUT2D eigenvalue weighted by molar-refractivity contribution is 9.10. The second-order valence-electron chi connectivity index (χ2n) is 2.29. The van der Waals surface area contributed by atoms with Crippen molar-refractivity contribution in [3.05, 3.63) is 28.0 Å². The van der Waals surface area contributed by atoms with Crippen LogP contribution in [0.3, 0.4) is 0 Å². The minimum atomic E-state index is -4.20. The number of nitrogens with zero attached hydrogens (tertiary/aromatic N) is 1. The summed E-state index contributed by atoms with van der Waals surface area (Å²) in [6, 6.07) is 3.73. The van der Waals surface area contributed by atoms with E-state index in [9.17, 15) is 12.8 Å². The van der Waals surface area contributed by atoms with E-state index in [0.29, 0.717) is 0 Å². The van der Waals surface area contributed by atoms with E-state index in [0.717, 1.165) is 12.1 Å². The van der Waals surface area contributed by atoms with Crippen LogP contribution in [-0.4, -0.2) is 8.42 Å². The van der Waals surface area contributed by atoms with E-state index in [2.05, 4.69) is 15.9 Å². The summed E-state index contributed by atoms with van der Waals surface area (Å²) in [5.41, 5.74) is 0.00521. The third-order valence-corrected chi connectivity index (χ3v) is 3.85. The second kappa shape index (κ2) is 3.85. The number of hydrogen-bond donors (Lipinski definition) is 0. The van der Waals surface area contributed by atoms with Gasteiger partial charge >= 0.3 is 0 Å². The molecule has 0 atom stereocenters. The number of benzene rings is 1. The van der Waals surface area contributed by atoms with Crippen LogP contribution in [0.25, 0.3) is 0 Å². The van der Waals surface area contributed by atoms with Crippen molar-refractivity contribution in [2.24, 2.45) is 0 Å². The fraction of sp³-hybridized carbons (Fsp3) is 0. The Hall–Kier alpha value is -0.640. The highest BCUT2D eigenvalue weighted by Gasteiger charge is 2.22. The Morgan fingerprint density at radius 2 is 2.07 bits per heavy atom. The van der Waals surface area contributed by atoms with Crippen LogP contribution in [0.2, 0.25) is 0 Å². The molecule has 0 saturated heterocycles. The van der Waals surface area contributed by atoms with Crippen molar-refractivity contribution in [1.82, 2.24) is 0 Å². The third kappa shape index (κ3) is 2.05. The molecule has 0 fully saturated rings. The summed E-state index contributed by atoms with van der Waals surface area (Å²) in [7, 11) is 0.793. The lowest BCUT2D eigenvalue weighted by atomic mass is 10.2. The van der Waals surface area contributed by atoms with E-state index in [1.54, 1.807) is 6.07 Å². The maximum absolute atomic E-state index is 13.1. The quantitative estimate of drug-likeness (QED) is 0.748. The van der Waals surface area contributed by atoms with Crippen LogP contribution in [0, 0.1) is 17.1 Å². The first-order valence-electron chi connectivity index (χ1n) is 3.20. The summed E-state index contributed by atoms with van der Waals surface area (Å²) in [5.74, 6) is -0.995. The van der Waals surface area contributed by atoms with Crippen LogP contribution in [0.5, 0.6) is 0 Å². The Morgan fingerprint density at radius 1 is 1.50 bits per heavy atom. The predicted octanol–water partition coefficient (Wildman–Crippen LogP) is 2.39. The molecule has 0 amide bonds. The van der Waals surface area contributed by atoms with E-state index in [1.165, 1.54) is 0 Å². The Labute approximate surface area is 92.7 Å². The maximum atomic E-state index is 13.1. The molecule has 1 rings (SSSR count). The second-order valence-corrected chi connectivity index (χ2v) is 5.58. The van der Waals surface area contributed by atoms with Gasteiger partial charge in [-0.25, -0.2) is 12.8 Å². The Kier molecular flexibility index (Phi) is 3.14. The molecule has 0 radical (unpaired) electrons. The normalized spacial score (nSPS) is 11.0. The summed E-state index contributed by atoms with van der Waals surface area (Å²) >= 11 is 2.80. The zero-order valence-corrected chi connectivity index (χ0v) is 9.62. The van der Waals surface area contributed by atoms with Gasteiger partial charge in [-0.15, -0.1) is 0 Å². The van der Waals surface area contributed by atoms with Gasteiger partial charge in [0, 0.05) is 10.7 Å². The SMILES string of the molecule is N#Cc1ccc(F)c(S(=O)(=O)Cl)c1Br. The molecule has 0 spiro atoms. The molecular formula is C7H2BrClFNO2S. The average molecular weight is 299 g/mol. The van der Waals surface area contributed by atoms with Gasteiger partial charge in [0.2, 0.25) is 0 Å². The molecule has 0 bridgehead atoms. The van der Waals surface area contributed by atoms with Crippen molar-refractivity contribution in [3.63, 3.8) is 0 Å². The molecule has 0 saturated carbocycles. The number of rotatable bonds is 1. The van der Waals surface area contributed by atoms with Gasteiger partial charge in [-0.05, 0) is 28.1 Å². The zero-order valence-electron chi connectivity index (χ0n) is 6.46. The predicted molar refractivity (Wildman–Crippen MR) is 51.9 cm³/mol. The van der Waals surface area contributed by atoms with Gasteiger partial charge < -0.3 is 0 Å². The van der Waals surface area contributed by atoms with Crippen LogP contribution in [0.1, 0.15) is 5.56 Å². The highest BCUT2D eigenvalue weighted by atomic mass is 79.9. The molecule has 0 aromatic heterocycles. The summed E-state index contributed by atoms with van der Waals surface area (Å²) in [4.78, 5) is -0.710. The van der Waals surface area contributed by atoms with Crippen LogP contribution in [-0.2, 0) is 9.05 Å². The fourth-order valence-electron chi connectivity index (χ4n) is 0.842. The van der Waals surface area contributed by atoms with E-state index < -0.39 is 19.8 Å². The molecule has 0 N–H and O–H groups in total. The minimum absolute atomic E-state index is 0.00521. The Bertz CT molecular complexity index is 523. The van der Waals surface area contributed by atoms with Crippen LogP contribution >= 0.6 is 26.6 Å². The first-order valence-corrected chi connectivity index (χ1v) is 6.31. The summed E-state index contributed by atoms with van der Waals surface area (Å²) in [6.45, 7) is 0. The number of nitriles is 1. The first-order chi connectivity index (χ1) is 6.38. The molecular weight excluding hydrogens is 297 g/mol. The van der Waals surface area contributed by atoms with E-state index >= 15 is 0 Å². The van der Waals surface area contributed by atoms with Gasteiger partial charge in [0.05, 0.1) is 10.0 Å². The highest BCUT2D eigenvalue weighted by Crippen LogP contribution is 2.30. The molecule has 0 heterocycles. The van der Waals surface area contributed by atoms with Gasteiger partial charge in [-0.1, -0.05) is 0 Å². The van der Waals surface area contributed by atoms with Crippen LogP contribution < -0.4 is 0 Å². The molecule has 1 aromatic carbocycles. The molecule has 0 aliphatic carbocycles.